The third-order valence-corrected chi connectivity index (χ3v) is 5.65. The Labute approximate surface area is 214 Å². The van der Waals surface area contributed by atoms with Gasteiger partial charge in [-0.1, -0.05) is 60.5 Å². The Balaban J connectivity index is 1.62. The van der Waals surface area contributed by atoms with Crippen molar-refractivity contribution >= 4 is 17.9 Å². The monoisotopic (exact) mass is 500 g/mol. The van der Waals surface area contributed by atoms with Gasteiger partial charge in [0.1, 0.15) is 6.10 Å². The number of benzene rings is 3. The van der Waals surface area contributed by atoms with E-state index >= 15 is 0 Å². The minimum absolute atomic E-state index is 0.258. The van der Waals surface area contributed by atoms with Gasteiger partial charge >= 0.3 is 17.9 Å². The summed E-state index contributed by atoms with van der Waals surface area (Å²) >= 11 is 0. The van der Waals surface area contributed by atoms with Crippen LogP contribution in [0.15, 0.2) is 91.0 Å². The normalized spacial score (nSPS) is 21.3. The first-order chi connectivity index (χ1) is 18.0. The van der Waals surface area contributed by atoms with E-state index in [1.807, 2.05) is 0 Å². The van der Waals surface area contributed by atoms with Crippen LogP contribution in [0.25, 0.3) is 0 Å². The summed E-state index contributed by atoms with van der Waals surface area (Å²) in [6.07, 6.45) is -0.388. The molecule has 37 heavy (non-hydrogen) atoms. The quantitative estimate of drug-likeness (QED) is 0.263. The molecule has 0 spiro atoms. The van der Waals surface area contributed by atoms with Crippen LogP contribution in [0.2, 0.25) is 0 Å². The summed E-state index contributed by atoms with van der Waals surface area (Å²) in [5.41, 5.74) is 0.806. The molecule has 0 bridgehead atoms. The summed E-state index contributed by atoms with van der Waals surface area (Å²) in [4.78, 5) is 38.6. The van der Waals surface area contributed by atoms with Crippen LogP contribution in [0.1, 0.15) is 31.1 Å². The van der Waals surface area contributed by atoms with Crippen LogP contribution in [0.3, 0.4) is 0 Å². The molecular formula is C29H24O8. The first kappa shape index (κ1) is 25.6. The Morgan fingerprint density at radius 2 is 1.16 bits per heavy atom. The minimum atomic E-state index is -1.29. The van der Waals surface area contributed by atoms with E-state index in [-0.39, 0.29) is 16.7 Å². The largest absolute Gasteiger partial charge is 0.452 e. The molecule has 1 saturated heterocycles. The number of terminal acetylenes is 1. The van der Waals surface area contributed by atoms with E-state index in [2.05, 4.69) is 5.92 Å². The number of hydrogen-bond donors (Lipinski definition) is 0. The number of carbonyl (C=O) groups is 3. The summed E-state index contributed by atoms with van der Waals surface area (Å²) < 4.78 is 28.3. The van der Waals surface area contributed by atoms with Crippen molar-refractivity contribution < 1.29 is 38.1 Å². The predicted molar refractivity (Wildman–Crippen MR) is 131 cm³/mol. The molecular weight excluding hydrogens is 476 g/mol. The lowest BCUT2D eigenvalue weighted by Crippen LogP contribution is -2.45. The predicted octanol–water partition coefficient (Wildman–Crippen LogP) is 3.67. The zero-order chi connectivity index (χ0) is 26.2. The van der Waals surface area contributed by atoms with Crippen molar-refractivity contribution in [3.8, 4) is 12.3 Å². The van der Waals surface area contributed by atoms with Crippen LogP contribution in [0.5, 0.6) is 0 Å². The maximum Gasteiger partial charge on any atom is 0.339 e. The van der Waals surface area contributed by atoms with Crippen molar-refractivity contribution in [2.45, 2.75) is 30.7 Å². The van der Waals surface area contributed by atoms with E-state index in [9.17, 15) is 14.4 Å². The molecule has 1 aliphatic rings. The topological polar surface area (TPSA) is 97.4 Å². The summed E-state index contributed by atoms with van der Waals surface area (Å²) in [6.45, 7) is 0. The molecule has 0 amide bonds. The molecule has 188 valence electrons. The van der Waals surface area contributed by atoms with Crippen LogP contribution in [-0.2, 0) is 23.7 Å². The second-order valence-corrected chi connectivity index (χ2v) is 8.04. The maximum atomic E-state index is 13.0. The number of rotatable bonds is 8. The highest BCUT2D eigenvalue weighted by Crippen LogP contribution is 2.32. The number of esters is 3. The molecule has 1 fully saturated rings. The lowest BCUT2D eigenvalue weighted by atomic mass is 10.0. The van der Waals surface area contributed by atoms with Crippen LogP contribution in [0, 0.1) is 12.3 Å². The third kappa shape index (κ3) is 6.04. The van der Waals surface area contributed by atoms with Gasteiger partial charge in [-0.3, -0.25) is 0 Å². The van der Waals surface area contributed by atoms with Crippen molar-refractivity contribution in [2.75, 3.05) is 7.11 Å². The van der Waals surface area contributed by atoms with Crippen LogP contribution in [0.4, 0.5) is 0 Å². The van der Waals surface area contributed by atoms with Gasteiger partial charge in [-0.2, -0.15) is 0 Å². The molecule has 3 aromatic carbocycles. The molecule has 0 aliphatic carbocycles. The fraction of sp³-hybridized carbons (Fsp3) is 0.207. The van der Waals surface area contributed by atoms with E-state index in [1.54, 1.807) is 91.0 Å². The lowest BCUT2D eigenvalue weighted by Gasteiger charge is -2.26. The molecule has 8 heteroatoms. The molecule has 0 unspecified atom stereocenters. The van der Waals surface area contributed by atoms with Crippen LogP contribution in [-0.4, -0.2) is 55.7 Å². The van der Waals surface area contributed by atoms with Crippen molar-refractivity contribution in [3.63, 3.8) is 0 Å². The second-order valence-electron chi connectivity index (χ2n) is 8.04. The van der Waals surface area contributed by atoms with Gasteiger partial charge in [-0.05, 0) is 36.4 Å². The van der Waals surface area contributed by atoms with Crippen LogP contribution >= 0.6 is 0 Å². The van der Waals surface area contributed by atoms with E-state index < -0.39 is 48.6 Å². The van der Waals surface area contributed by atoms with E-state index in [4.69, 9.17) is 30.1 Å². The van der Waals surface area contributed by atoms with Gasteiger partial charge in [0.05, 0.1) is 16.7 Å². The van der Waals surface area contributed by atoms with Gasteiger partial charge < -0.3 is 23.7 Å². The first-order valence-electron chi connectivity index (χ1n) is 11.4. The Morgan fingerprint density at radius 3 is 1.59 bits per heavy atom. The molecule has 5 atom stereocenters. The Bertz CT molecular complexity index is 1250. The Morgan fingerprint density at radius 1 is 0.730 bits per heavy atom. The smallest absolute Gasteiger partial charge is 0.339 e. The number of carbonyl (C=O) groups excluding carboxylic acids is 3. The Kier molecular flexibility index (Phi) is 8.31. The minimum Gasteiger partial charge on any atom is -0.452 e. The number of ether oxygens (including phenoxy) is 5. The summed E-state index contributed by atoms with van der Waals surface area (Å²) in [7, 11) is 1.34. The van der Waals surface area contributed by atoms with Crippen LogP contribution < -0.4 is 0 Å². The molecule has 1 heterocycles. The third-order valence-electron chi connectivity index (χ3n) is 5.65. The number of methoxy groups -OCH3 is 1. The van der Waals surface area contributed by atoms with E-state index in [1.165, 1.54) is 7.11 Å². The van der Waals surface area contributed by atoms with Gasteiger partial charge in [0.2, 0.25) is 0 Å². The molecule has 0 saturated carbocycles. The van der Waals surface area contributed by atoms with Gasteiger partial charge in [-0.25, -0.2) is 14.4 Å². The number of hydrogen-bond acceptors (Lipinski definition) is 8. The molecule has 0 N–H and O–H groups in total. The zero-order valence-electron chi connectivity index (χ0n) is 19.9. The first-order valence-corrected chi connectivity index (χ1v) is 11.4. The summed E-state index contributed by atoms with van der Waals surface area (Å²) in [5.74, 6) is 0.296. The molecule has 3 aromatic rings. The summed E-state index contributed by atoms with van der Waals surface area (Å²) in [6, 6.07) is 24.8. The molecule has 8 nitrogen and oxygen atoms in total. The molecule has 1 aliphatic heterocycles. The highest BCUT2D eigenvalue weighted by molar-refractivity contribution is 5.91. The fourth-order valence-electron chi connectivity index (χ4n) is 3.83. The van der Waals surface area contributed by atoms with Gasteiger partial charge in [0.25, 0.3) is 0 Å². The second kappa shape index (κ2) is 12.0. The standard InChI is InChI=1S/C29H24O8/c1-3-22(34-26(30)19-13-7-4-8-14-19)23-24(35-27(31)20-15-9-5-10-16-20)25(29(33-2)37-23)36-28(32)21-17-11-6-12-18-21/h1,4-18,22-25,29H,2H3/t22-,23-,24-,25-,29-/m1/s1. The fourth-order valence-corrected chi connectivity index (χ4v) is 3.83. The lowest BCUT2D eigenvalue weighted by molar-refractivity contribution is -0.160. The van der Waals surface area contributed by atoms with Crippen molar-refractivity contribution in [1.82, 2.24) is 0 Å². The molecule has 0 radical (unpaired) electrons. The SMILES string of the molecule is C#C[C@@H](OC(=O)c1ccccc1)[C@H]1O[C@@H](OC)[C@H](OC(=O)c2ccccc2)[C@@H]1OC(=O)c1ccccc1. The Hall–Kier alpha value is -4.45. The maximum absolute atomic E-state index is 13.0. The average Bonchev–Trinajstić information content (AvgIpc) is 3.29. The van der Waals surface area contributed by atoms with E-state index in [0.29, 0.717) is 0 Å². The average molecular weight is 501 g/mol. The van der Waals surface area contributed by atoms with Gasteiger partial charge in [0, 0.05) is 7.11 Å². The van der Waals surface area contributed by atoms with Gasteiger partial charge in [0.15, 0.2) is 24.6 Å². The van der Waals surface area contributed by atoms with Gasteiger partial charge in [-0.15, -0.1) is 6.42 Å². The zero-order valence-corrected chi connectivity index (χ0v) is 19.9. The van der Waals surface area contributed by atoms with Crippen molar-refractivity contribution in [3.05, 3.63) is 108 Å². The van der Waals surface area contributed by atoms with E-state index in [0.717, 1.165) is 0 Å². The van der Waals surface area contributed by atoms with Crippen molar-refractivity contribution in [2.24, 2.45) is 0 Å². The molecule has 0 aromatic heterocycles. The molecule has 4 rings (SSSR count). The summed E-state index contributed by atoms with van der Waals surface area (Å²) in [5, 5.41) is 0. The highest BCUT2D eigenvalue weighted by atomic mass is 16.7. The highest BCUT2D eigenvalue weighted by Gasteiger charge is 2.54. The van der Waals surface area contributed by atoms with Crippen molar-refractivity contribution in [1.29, 1.82) is 0 Å².